The Hall–Kier alpha value is -2.37. The number of hydrogen-bond donors (Lipinski definition) is 1. The molecule has 0 aromatic heterocycles. The molecule has 1 heterocycles. The van der Waals surface area contributed by atoms with Crippen molar-refractivity contribution >= 4 is 5.91 Å². The van der Waals surface area contributed by atoms with Crippen molar-refractivity contribution < 1.29 is 14.3 Å². The number of methoxy groups -OCH3 is 1. The van der Waals surface area contributed by atoms with Gasteiger partial charge >= 0.3 is 0 Å². The standard InChI is InChI=1S/C21H26N2O3/c1-16-6-8-17(9-7-16)20(23-10-12-26-13-11-23)15-22-21(24)18-4-3-5-19(14-18)25-2/h3-9,14,20H,10-13,15H2,1-2H3,(H,22,24)/t20-/m1/s1. The molecule has 0 radical (unpaired) electrons. The predicted octanol–water partition coefficient (Wildman–Crippen LogP) is 2.81. The summed E-state index contributed by atoms with van der Waals surface area (Å²) in [6.45, 7) is 5.83. The first kappa shape index (κ1) is 18.4. The summed E-state index contributed by atoms with van der Waals surface area (Å²) in [5, 5.41) is 3.08. The third-order valence-electron chi connectivity index (χ3n) is 4.74. The molecule has 1 N–H and O–H groups in total. The number of nitrogens with zero attached hydrogens (tertiary/aromatic N) is 1. The van der Waals surface area contributed by atoms with E-state index in [1.807, 2.05) is 12.1 Å². The second-order valence-electron chi connectivity index (χ2n) is 6.52. The Bertz CT molecular complexity index is 724. The molecule has 2 aromatic carbocycles. The Morgan fingerprint density at radius 3 is 2.62 bits per heavy atom. The maximum atomic E-state index is 12.6. The summed E-state index contributed by atoms with van der Waals surface area (Å²) in [4.78, 5) is 15.0. The highest BCUT2D eigenvalue weighted by atomic mass is 16.5. The number of amides is 1. The summed E-state index contributed by atoms with van der Waals surface area (Å²) < 4.78 is 10.7. The molecular formula is C21H26N2O3. The zero-order valence-corrected chi connectivity index (χ0v) is 15.4. The Balaban J connectivity index is 1.72. The maximum absolute atomic E-state index is 12.6. The van der Waals surface area contributed by atoms with Crippen LogP contribution in [0.25, 0.3) is 0 Å². The molecule has 0 aliphatic carbocycles. The highest BCUT2D eigenvalue weighted by Gasteiger charge is 2.23. The van der Waals surface area contributed by atoms with Crippen molar-refractivity contribution in [1.29, 1.82) is 0 Å². The molecule has 3 rings (SSSR count). The van der Waals surface area contributed by atoms with Crippen LogP contribution in [0.4, 0.5) is 0 Å². The SMILES string of the molecule is COc1cccc(C(=O)NC[C@H](c2ccc(C)cc2)N2CCOCC2)c1. The van der Waals surface area contributed by atoms with E-state index in [1.165, 1.54) is 11.1 Å². The summed E-state index contributed by atoms with van der Waals surface area (Å²) in [6, 6.07) is 15.9. The summed E-state index contributed by atoms with van der Waals surface area (Å²) >= 11 is 0. The van der Waals surface area contributed by atoms with Gasteiger partial charge in [-0.05, 0) is 30.7 Å². The first-order valence-electron chi connectivity index (χ1n) is 8.98. The van der Waals surface area contributed by atoms with E-state index >= 15 is 0 Å². The third-order valence-corrected chi connectivity index (χ3v) is 4.74. The number of hydrogen-bond acceptors (Lipinski definition) is 4. The van der Waals surface area contributed by atoms with Crippen LogP contribution in [0.1, 0.15) is 27.5 Å². The fourth-order valence-electron chi connectivity index (χ4n) is 3.19. The first-order chi connectivity index (χ1) is 12.7. The van der Waals surface area contributed by atoms with Crippen LogP contribution in [0.5, 0.6) is 5.75 Å². The lowest BCUT2D eigenvalue weighted by Crippen LogP contribution is -2.43. The molecule has 1 amide bonds. The van der Waals surface area contributed by atoms with Crippen molar-refractivity contribution in [3.05, 3.63) is 65.2 Å². The molecule has 1 fully saturated rings. The lowest BCUT2D eigenvalue weighted by Gasteiger charge is -2.35. The van der Waals surface area contributed by atoms with E-state index in [1.54, 1.807) is 19.2 Å². The van der Waals surface area contributed by atoms with E-state index in [0.717, 1.165) is 26.3 Å². The van der Waals surface area contributed by atoms with Crippen molar-refractivity contribution in [2.75, 3.05) is 40.0 Å². The van der Waals surface area contributed by atoms with Crippen LogP contribution in [0, 0.1) is 6.92 Å². The molecule has 26 heavy (non-hydrogen) atoms. The number of rotatable bonds is 6. The van der Waals surface area contributed by atoms with Crippen molar-refractivity contribution in [3.63, 3.8) is 0 Å². The molecule has 0 bridgehead atoms. The minimum atomic E-state index is -0.0886. The molecule has 1 saturated heterocycles. The normalized spacial score (nSPS) is 16.1. The summed E-state index contributed by atoms with van der Waals surface area (Å²) in [5.41, 5.74) is 3.05. The number of aryl methyl sites for hydroxylation is 1. The van der Waals surface area contributed by atoms with Crippen LogP contribution in [0.15, 0.2) is 48.5 Å². The second-order valence-corrected chi connectivity index (χ2v) is 6.52. The topological polar surface area (TPSA) is 50.8 Å². The number of ether oxygens (including phenoxy) is 2. The zero-order chi connectivity index (χ0) is 18.4. The van der Waals surface area contributed by atoms with E-state index in [4.69, 9.17) is 9.47 Å². The largest absolute Gasteiger partial charge is 0.497 e. The van der Waals surface area contributed by atoms with Gasteiger partial charge in [-0.2, -0.15) is 0 Å². The second kappa shape index (κ2) is 8.83. The average molecular weight is 354 g/mol. The summed E-state index contributed by atoms with van der Waals surface area (Å²) in [7, 11) is 1.60. The number of carbonyl (C=O) groups is 1. The highest BCUT2D eigenvalue weighted by Crippen LogP contribution is 2.22. The lowest BCUT2D eigenvalue weighted by molar-refractivity contribution is 0.0162. The van der Waals surface area contributed by atoms with Crippen molar-refractivity contribution in [3.8, 4) is 5.75 Å². The van der Waals surface area contributed by atoms with E-state index in [0.29, 0.717) is 17.9 Å². The molecule has 138 valence electrons. The molecule has 1 aliphatic heterocycles. The van der Waals surface area contributed by atoms with Crippen molar-refractivity contribution in [1.82, 2.24) is 10.2 Å². The zero-order valence-electron chi connectivity index (χ0n) is 15.4. The van der Waals surface area contributed by atoms with E-state index < -0.39 is 0 Å². The molecule has 0 unspecified atom stereocenters. The minimum Gasteiger partial charge on any atom is -0.497 e. The Kier molecular flexibility index (Phi) is 6.26. The van der Waals surface area contributed by atoms with Crippen LogP contribution in [-0.4, -0.2) is 50.8 Å². The van der Waals surface area contributed by atoms with Gasteiger partial charge in [0.1, 0.15) is 5.75 Å². The van der Waals surface area contributed by atoms with Crippen LogP contribution in [0.2, 0.25) is 0 Å². The van der Waals surface area contributed by atoms with E-state index in [9.17, 15) is 4.79 Å². The quantitative estimate of drug-likeness (QED) is 0.867. The highest BCUT2D eigenvalue weighted by molar-refractivity contribution is 5.94. The van der Waals surface area contributed by atoms with Crippen LogP contribution in [-0.2, 0) is 4.74 Å². The minimum absolute atomic E-state index is 0.0886. The average Bonchev–Trinajstić information content (AvgIpc) is 2.70. The Morgan fingerprint density at radius 1 is 1.19 bits per heavy atom. The lowest BCUT2D eigenvalue weighted by atomic mass is 10.0. The molecule has 0 saturated carbocycles. The van der Waals surface area contributed by atoms with Gasteiger partial charge in [0.25, 0.3) is 5.91 Å². The van der Waals surface area contributed by atoms with Crippen LogP contribution >= 0.6 is 0 Å². The van der Waals surface area contributed by atoms with Crippen LogP contribution < -0.4 is 10.1 Å². The molecular weight excluding hydrogens is 328 g/mol. The Labute approximate surface area is 154 Å². The van der Waals surface area contributed by atoms with Gasteiger partial charge in [-0.3, -0.25) is 9.69 Å². The van der Waals surface area contributed by atoms with Gasteiger partial charge in [0.2, 0.25) is 0 Å². The van der Waals surface area contributed by atoms with E-state index in [2.05, 4.69) is 41.4 Å². The Morgan fingerprint density at radius 2 is 1.92 bits per heavy atom. The number of carbonyl (C=O) groups excluding carboxylic acids is 1. The smallest absolute Gasteiger partial charge is 0.251 e. The summed E-state index contributed by atoms with van der Waals surface area (Å²) in [6.07, 6.45) is 0. The van der Waals surface area contributed by atoms with Crippen molar-refractivity contribution in [2.24, 2.45) is 0 Å². The van der Waals surface area contributed by atoms with Gasteiger partial charge in [0, 0.05) is 25.2 Å². The fraction of sp³-hybridized carbons (Fsp3) is 0.381. The van der Waals surface area contributed by atoms with Gasteiger partial charge in [-0.25, -0.2) is 0 Å². The number of morpholine rings is 1. The molecule has 1 aliphatic rings. The fourth-order valence-corrected chi connectivity index (χ4v) is 3.19. The van der Waals surface area contributed by atoms with Gasteiger partial charge < -0.3 is 14.8 Å². The van der Waals surface area contributed by atoms with Gasteiger partial charge in [-0.1, -0.05) is 35.9 Å². The van der Waals surface area contributed by atoms with Gasteiger partial charge in [0.15, 0.2) is 0 Å². The van der Waals surface area contributed by atoms with Gasteiger partial charge in [0.05, 0.1) is 26.4 Å². The molecule has 5 nitrogen and oxygen atoms in total. The molecule has 2 aromatic rings. The van der Waals surface area contributed by atoms with E-state index in [-0.39, 0.29) is 11.9 Å². The molecule has 5 heteroatoms. The summed E-state index contributed by atoms with van der Waals surface area (Å²) in [5.74, 6) is 0.593. The molecule has 1 atom stereocenters. The van der Waals surface area contributed by atoms with Crippen molar-refractivity contribution in [2.45, 2.75) is 13.0 Å². The number of benzene rings is 2. The monoisotopic (exact) mass is 354 g/mol. The maximum Gasteiger partial charge on any atom is 0.251 e. The molecule has 0 spiro atoms. The van der Waals surface area contributed by atoms with Gasteiger partial charge in [-0.15, -0.1) is 0 Å². The number of nitrogens with one attached hydrogen (secondary N) is 1. The predicted molar refractivity (Wildman–Crippen MR) is 102 cm³/mol. The first-order valence-corrected chi connectivity index (χ1v) is 8.98. The third kappa shape index (κ3) is 4.62. The van der Waals surface area contributed by atoms with Crippen LogP contribution in [0.3, 0.4) is 0 Å².